The summed E-state index contributed by atoms with van der Waals surface area (Å²) in [5, 5.41) is 9.18. The molecule has 0 saturated carbocycles. The zero-order chi connectivity index (χ0) is 16.8. The monoisotopic (exact) mass is 318 g/mol. The topological polar surface area (TPSA) is 94.5 Å². The van der Waals surface area contributed by atoms with Crippen LogP contribution in [-0.2, 0) is 11.8 Å². The lowest BCUT2D eigenvalue weighted by molar-refractivity contribution is -0.115. The number of anilines is 1. The third kappa shape index (κ3) is 4.22. The molecule has 8 nitrogen and oxygen atoms in total. The molecule has 2 amide bonds. The van der Waals surface area contributed by atoms with E-state index in [0.717, 1.165) is 0 Å². The van der Waals surface area contributed by atoms with E-state index >= 15 is 0 Å². The van der Waals surface area contributed by atoms with Gasteiger partial charge in [0, 0.05) is 18.9 Å². The Balaban J connectivity index is 1.89. The first-order valence-electron chi connectivity index (χ1n) is 6.83. The number of hydrogen-bond donors (Lipinski definition) is 2. The maximum atomic E-state index is 12.0. The van der Waals surface area contributed by atoms with Gasteiger partial charge in [0.2, 0.25) is 11.8 Å². The van der Waals surface area contributed by atoms with Gasteiger partial charge in [0.05, 0.1) is 20.8 Å². The average molecular weight is 318 g/mol. The fourth-order valence-electron chi connectivity index (χ4n) is 1.91. The van der Waals surface area contributed by atoms with Gasteiger partial charge in [-0.1, -0.05) is 0 Å². The molecule has 0 unspecified atom stereocenters. The second kappa shape index (κ2) is 7.30. The van der Waals surface area contributed by atoms with Crippen molar-refractivity contribution >= 4 is 17.5 Å². The maximum absolute atomic E-state index is 12.0. The summed E-state index contributed by atoms with van der Waals surface area (Å²) in [7, 11) is 4.67. The summed E-state index contributed by atoms with van der Waals surface area (Å²) in [5.41, 5.74) is 0.885. The molecule has 2 rings (SSSR count). The lowest BCUT2D eigenvalue weighted by Crippen LogP contribution is -2.32. The van der Waals surface area contributed by atoms with E-state index in [2.05, 4.69) is 15.7 Å². The molecule has 0 aliphatic carbocycles. The van der Waals surface area contributed by atoms with Gasteiger partial charge in [0.15, 0.2) is 0 Å². The van der Waals surface area contributed by atoms with Gasteiger partial charge in [0.1, 0.15) is 11.3 Å². The summed E-state index contributed by atoms with van der Waals surface area (Å²) < 4.78 is 11.5. The predicted molar refractivity (Wildman–Crippen MR) is 83.7 cm³/mol. The normalized spacial score (nSPS) is 10.0. The summed E-state index contributed by atoms with van der Waals surface area (Å²) >= 11 is 0. The largest absolute Gasteiger partial charge is 0.497 e. The van der Waals surface area contributed by atoms with E-state index in [4.69, 9.17) is 9.47 Å². The van der Waals surface area contributed by atoms with Crippen LogP contribution in [-0.4, -0.2) is 42.4 Å². The smallest absolute Gasteiger partial charge is 0.258 e. The van der Waals surface area contributed by atoms with E-state index in [1.807, 2.05) is 0 Å². The molecular weight excluding hydrogens is 300 g/mol. The zero-order valence-electron chi connectivity index (χ0n) is 13.1. The van der Waals surface area contributed by atoms with Crippen molar-refractivity contribution in [1.29, 1.82) is 0 Å². The third-order valence-corrected chi connectivity index (χ3v) is 3.02. The van der Waals surface area contributed by atoms with Crippen molar-refractivity contribution in [1.82, 2.24) is 15.1 Å². The molecule has 0 aliphatic heterocycles. The molecule has 0 atom stereocenters. The number of benzene rings is 1. The lowest BCUT2D eigenvalue weighted by atomic mass is 10.3. The molecule has 23 heavy (non-hydrogen) atoms. The van der Waals surface area contributed by atoms with Gasteiger partial charge in [-0.05, 0) is 24.3 Å². The Bertz CT molecular complexity index is 694. The highest BCUT2D eigenvalue weighted by molar-refractivity contribution is 6.00. The highest BCUT2D eigenvalue weighted by Crippen LogP contribution is 2.15. The SMILES string of the molecule is COc1ccc(NC(=O)CNC(=O)c2cn(C)nc2OC)cc1. The minimum absolute atomic E-state index is 0.164. The average Bonchev–Trinajstić information content (AvgIpc) is 2.94. The second-order valence-corrected chi connectivity index (χ2v) is 4.69. The highest BCUT2D eigenvalue weighted by Gasteiger charge is 2.16. The summed E-state index contributed by atoms with van der Waals surface area (Å²) in [6.45, 7) is -0.164. The Morgan fingerprint density at radius 1 is 1.17 bits per heavy atom. The van der Waals surface area contributed by atoms with Crippen LogP contribution in [0, 0.1) is 0 Å². The number of nitrogens with one attached hydrogen (secondary N) is 2. The van der Waals surface area contributed by atoms with E-state index in [1.165, 1.54) is 18.0 Å². The van der Waals surface area contributed by atoms with E-state index in [9.17, 15) is 9.59 Å². The summed E-state index contributed by atoms with van der Waals surface area (Å²) in [6.07, 6.45) is 1.52. The fraction of sp³-hybridized carbons (Fsp3) is 0.267. The van der Waals surface area contributed by atoms with Gasteiger partial charge in [-0.3, -0.25) is 14.3 Å². The number of carbonyl (C=O) groups excluding carboxylic acids is 2. The lowest BCUT2D eigenvalue weighted by Gasteiger charge is -2.07. The molecule has 1 aromatic carbocycles. The van der Waals surface area contributed by atoms with E-state index in [0.29, 0.717) is 11.4 Å². The van der Waals surface area contributed by atoms with Crippen LogP contribution >= 0.6 is 0 Å². The standard InChI is InChI=1S/C15H18N4O4/c1-19-9-12(15(18-19)23-3)14(21)16-8-13(20)17-10-4-6-11(22-2)7-5-10/h4-7,9H,8H2,1-3H3,(H,16,21)(H,17,20). The molecular formula is C15H18N4O4. The Kier molecular flexibility index (Phi) is 5.19. The summed E-state index contributed by atoms with van der Waals surface area (Å²) in [4.78, 5) is 23.9. The van der Waals surface area contributed by atoms with Crippen LogP contribution in [0.3, 0.4) is 0 Å². The van der Waals surface area contributed by atoms with E-state index in [1.54, 1.807) is 38.4 Å². The van der Waals surface area contributed by atoms with Crippen LogP contribution < -0.4 is 20.1 Å². The Hall–Kier alpha value is -3.03. The molecule has 122 valence electrons. The number of carbonyl (C=O) groups is 2. The zero-order valence-corrected chi connectivity index (χ0v) is 13.1. The number of methoxy groups -OCH3 is 2. The minimum atomic E-state index is -0.431. The summed E-state index contributed by atoms with van der Waals surface area (Å²) in [5.74, 6) is 0.131. The fourth-order valence-corrected chi connectivity index (χ4v) is 1.91. The van der Waals surface area contributed by atoms with Crippen LogP contribution in [0.15, 0.2) is 30.5 Å². The van der Waals surface area contributed by atoms with Crippen LogP contribution in [0.1, 0.15) is 10.4 Å². The molecule has 0 radical (unpaired) electrons. The van der Waals surface area contributed by atoms with Crippen molar-refractivity contribution in [3.05, 3.63) is 36.0 Å². The number of nitrogens with zero attached hydrogens (tertiary/aromatic N) is 2. The van der Waals surface area contributed by atoms with Gasteiger partial charge < -0.3 is 20.1 Å². The first kappa shape index (κ1) is 16.3. The van der Waals surface area contributed by atoms with E-state index < -0.39 is 5.91 Å². The highest BCUT2D eigenvalue weighted by atomic mass is 16.5. The van der Waals surface area contributed by atoms with Crippen molar-refractivity contribution in [2.75, 3.05) is 26.1 Å². The first-order chi connectivity index (χ1) is 11.0. The van der Waals surface area contributed by atoms with Crippen molar-refractivity contribution in [2.24, 2.45) is 7.05 Å². The second-order valence-electron chi connectivity index (χ2n) is 4.69. The van der Waals surface area contributed by atoms with Crippen molar-refractivity contribution in [2.45, 2.75) is 0 Å². The third-order valence-electron chi connectivity index (χ3n) is 3.02. The molecule has 0 aliphatic rings. The molecule has 1 heterocycles. The molecule has 0 fully saturated rings. The number of ether oxygens (including phenoxy) is 2. The summed E-state index contributed by atoms with van der Waals surface area (Å²) in [6, 6.07) is 6.88. The van der Waals surface area contributed by atoms with Crippen molar-refractivity contribution in [3.8, 4) is 11.6 Å². The molecule has 0 saturated heterocycles. The number of rotatable bonds is 6. The number of aryl methyl sites for hydroxylation is 1. The van der Waals surface area contributed by atoms with E-state index in [-0.39, 0.29) is 23.9 Å². The minimum Gasteiger partial charge on any atom is -0.497 e. The molecule has 0 spiro atoms. The number of hydrogen-bond acceptors (Lipinski definition) is 5. The van der Waals surface area contributed by atoms with Gasteiger partial charge in [-0.25, -0.2) is 0 Å². The maximum Gasteiger partial charge on any atom is 0.258 e. The van der Waals surface area contributed by atoms with Gasteiger partial charge in [0.25, 0.3) is 5.91 Å². The predicted octanol–water partition coefficient (Wildman–Crippen LogP) is 0.806. The van der Waals surface area contributed by atoms with Crippen LogP contribution in [0.4, 0.5) is 5.69 Å². The van der Waals surface area contributed by atoms with Gasteiger partial charge in [-0.2, -0.15) is 0 Å². The molecule has 0 bridgehead atoms. The van der Waals surface area contributed by atoms with Crippen LogP contribution in [0.5, 0.6) is 11.6 Å². The Labute approximate surface area is 133 Å². The molecule has 1 aromatic heterocycles. The van der Waals surface area contributed by atoms with Gasteiger partial charge in [-0.15, -0.1) is 5.10 Å². The molecule has 2 N–H and O–H groups in total. The van der Waals surface area contributed by atoms with Crippen molar-refractivity contribution in [3.63, 3.8) is 0 Å². The first-order valence-corrected chi connectivity index (χ1v) is 6.83. The quantitative estimate of drug-likeness (QED) is 0.822. The van der Waals surface area contributed by atoms with Crippen LogP contribution in [0.25, 0.3) is 0 Å². The van der Waals surface area contributed by atoms with Crippen LogP contribution in [0.2, 0.25) is 0 Å². The Morgan fingerprint density at radius 2 is 1.87 bits per heavy atom. The molecule has 2 aromatic rings. The van der Waals surface area contributed by atoms with Gasteiger partial charge >= 0.3 is 0 Å². The molecule has 8 heteroatoms. The Morgan fingerprint density at radius 3 is 2.48 bits per heavy atom. The number of amides is 2. The number of aromatic nitrogens is 2. The van der Waals surface area contributed by atoms with Crippen molar-refractivity contribution < 1.29 is 19.1 Å².